The van der Waals surface area contributed by atoms with Crippen LogP contribution in [0.3, 0.4) is 0 Å². The van der Waals surface area contributed by atoms with Gasteiger partial charge in [-0.2, -0.15) is 0 Å². The van der Waals surface area contributed by atoms with Crippen LogP contribution in [0.15, 0.2) is 110 Å². The number of benzene rings is 3. The van der Waals surface area contributed by atoms with E-state index in [4.69, 9.17) is 23.4 Å². The minimum atomic E-state index is -2.79. The lowest BCUT2D eigenvalue weighted by molar-refractivity contribution is -0.272. The van der Waals surface area contributed by atoms with Crippen LogP contribution < -0.4 is 15.1 Å². The van der Waals surface area contributed by atoms with Gasteiger partial charge in [-0.15, -0.1) is 6.58 Å². The molecular formula is C35H42O5Si. The van der Waals surface area contributed by atoms with E-state index in [-0.39, 0.29) is 29.5 Å². The molecule has 0 spiro atoms. The van der Waals surface area contributed by atoms with Crippen molar-refractivity contribution in [1.82, 2.24) is 0 Å². The molecule has 0 amide bonds. The van der Waals surface area contributed by atoms with Gasteiger partial charge in [-0.3, -0.25) is 0 Å². The summed E-state index contributed by atoms with van der Waals surface area (Å²) in [7, 11) is -1.13. The molecule has 6 heteroatoms. The summed E-state index contributed by atoms with van der Waals surface area (Å²) in [5.74, 6) is 0.803. The van der Waals surface area contributed by atoms with Crippen LogP contribution in [0.2, 0.25) is 5.04 Å². The molecular weight excluding hydrogens is 528 g/mol. The summed E-state index contributed by atoms with van der Waals surface area (Å²) < 4.78 is 32.2. The lowest BCUT2D eigenvalue weighted by atomic mass is 10.1. The highest BCUT2D eigenvalue weighted by atomic mass is 28.4. The van der Waals surface area contributed by atoms with Crippen LogP contribution >= 0.6 is 0 Å². The maximum absolute atomic E-state index is 7.50. The second-order valence-corrected chi connectivity index (χ2v) is 16.0. The minimum absolute atomic E-state index is 0.144. The Hall–Kier alpha value is -3.00. The van der Waals surface area contributed by atoms with Crippen LogP contribution in [-0.4, -0.2) is 46.4 Å². The molecule has 5 atom stereocenters. The van der Waals surface area contributed by atoms with Crippen LogP contribution in [0.4, 0.5) is 0 Å². The Labute approximate surface area is 245 Å². The van der Waals surface area contributed by atoms with E-state index in [0.717, 1.165) is 17.7 Å². The molecule has 5 rings (SSSR count). The van der Waals surface area contributed by atoms with E-state index in [2.05, 4.69) is 100 Å². The van der Waals surface area contributed by atoms with Gasteiger partial charge in [0, 0.05) is 5.56 Å². The van der Waals surface area contributed by atoms with Crippen molar-refractivity contribution in [1.29, 1.82) is 0 Å². The molecule has 0 radical (unpaired) electrons. The average molecular weight is 571 g/mol. The number of methoxy groups -OCH3 is 1. The third-order valence-corrected chi connectivity index (χ3v) is 13.2. The topological polar surface area (TPSA) is 46.2 Å². The van der Waals surface area contributed by atoms with E-state index < -0.39 is 14.6 Å². The summed E-state index contributed by atoms with van der Waals surface area (Å²) in [6.07, 6.45) is 6.32. The van der Waals surface area contributed by atoms with Crippen molar-refractivity contribution in [2.24, 2.45) is 0 Å². The third kappa shape index (κ3) is 6.27. The molecule has 0 bridgehead atoms. The van der Waals surface area contributed by atoms with Gasteiger partial charge in [0.05, 0.1) is 25.9 Å². The molecule has 2 aliphatic heterocycles. The summed E-state index contributed by atoms with van der Waals surface area (Å²) in [6.45, 7) is 11.5. The molecule has 3 aromatic carbocycles. The fourth-order valence-electron chi connectivity index (χ4n) is 5.97. The Morgan fingerprint density at radius 1 is 0.805 bits per heavy atom. The number of hydrogen-bond acceptors (Lipinski definition) is 5. The molecule has 2 heterocycles. The third-order valence-electron chi connectivity index (χ3n) is 8.09. The maximum Gasteiger partial charge on any atom is 0.261 e. The van der Waals surface area contributed by atoms with Crippen LogP contribution in [0.25, 0.3) is 0 Å². The Morgan fingerprint density at radius 2 is 1.41 bits per heavy atom. The maximum atomic E-state index is 7.50. The lowest BCUT2D eigenvalue weighted by Crippen LogP contribution is -2.68. The van der Waals surface area contributed by atoms with Gasteiger partial charge in [-0.25, -0.2) is 0 Å². The van der Waals surface area contributed by atoms with Gasteiger partial charge < -0.3 is 23.4 Å². The highest BCUT2D eigenvalue weighted by molar-refractivity contribution is 6.99. The first kappa shape index (κ1) is 29.5. The first-order valence-electron chi connectivity index (χ1n) is 14.5. The zero-order valence-corrected chi connectivity index (χ0v) is 25.6. The summed E-state index contributed by atoms with van der Waals surface area (Å²) in [4.78, 5) is 0. The Balaban J connectivity index is 1.43. The van der Waals surface area contributed by atoms with Gasteiger partial charge in [0.1, 0.15) is 18.0 Å². The summed E-state index contributed by atoms with van der Waals surface area (Å²) in [5.41, 5.74) is 0.960. The largest absolute Gasteiger partial charge is 0.497 e. The highest BCUT2D eigenvalue weighted by Crippen LogP contribution is 2.39. The standard InChI is InChI=1S/C35H42O5Si/c1-6-30-32(40-41(35(2,3)4,28-15-9-7-10-16-28)29-17-11-8-12-18-29)20-14-13-19-31-33(38-30)25-37-34(39-31)26-21-23-27(36-5)24-22-26/h6-18,21-24,30-34H,1,19-20,25H2,2-5H3/b14-13-/t30-,31+,32-,33+,34-/m1/s1. The fourth-order valence-corrected chi connectivity index (χ4v) is 10.7. The van der Waals surface area contributed by atoms with Crippen LogP contribution in [0.5, 0.6) is 5.75 Å². The molecule has 2 aliphatic rings. The normalized spacial score (nSPS) is 26.1. The van der Waals surface area contributed by atoms with E-state index >= 15 is 0 Å². The number of hydrogen-bond donors (Lipinski definition) is 0. The number of fused-ring (bicyclic) bond motifs is 1. The predicted octanol–water partition coefficient (Wildman–Crippen LogP) is 6.34. The van der Waals surface area contributed by atoms with Gasteiger partial charge >= 0.3 is 0 Å². The average Bonchev–Trinajstić information content (AvgIpc) is 3.08. The molecule has 0 unspecified atom stereocenters. The van der Waals surface area contributed by atoms with Gasteiger partial charge in [-0.05, 0) is 40.4 Å². The van der Waals surface area contributed by atoms with E-state index in [0.29, 0.717) is 13.0 Å². The van der Waals surface area contributed by atoms with Gasteiger partial charge in [0.2, 0.25) is 0 Å². The Kier molecular flexibility index (Phi) is 9.27. The quantitative estimate of drug-likeness (QED) is 0.245. The van der Waals surface area contributed by atoms with E-state index in [1.807, 2.05) is 30.3 Å². The molecule has 0 aromatic heterocycles. The smallest absolute Gasteiger partial charge is 0.261 e. The molecule has 5 nitrogen and oxygen atoms in total. The molecule has 216 valence electrons. The van der Waals surface area contributed by atoms with E-state index in [1.54, 1.807) is 7.11 Å². The predicted molar refractivity (Wildman–Crippen MR) is 166 cm³/mol. The van der Waals surface area contributed by atoms with Crippen molar-refractivity contribution >= 4 is 18.7 Å². The minimum Gasteiger partial charge on any atom is -0.497 e. The Morgan fingerprint density at radius 3 is 1.98 bits per heavy atom. The van der Waals surface area contributed by atoms with Gasteiger partial charge in [0.25, 0.3) is 8.32 Å². The summed E-state index contributed by atoms with van der Waals surface area (Å²) >= 11 is 0. The van der Waals surface area contributed by atoms with Crippen molar-refractivity contribution in [2.45, 2.75) is 69.4 Å². The van der Waals surface area contributed by atoms with Gasteiger partial charge in [-0.1, -0.05) is 112 Å². The zero-order valence-electron chi connectivity index (χ0n) is 24.6. The fraction of sp³-hybridized carbons (Fsp3) is 0.371. The zero-order chi connectivity index (χ0) is 28.9. The molecule has 3 aromatic rings. The molecule has 1 saturated heterocycles. The molecule has 0 saturated carbocycles. The number of ether oxygens (including phenoxy) is 4. The molecule has 41 heavy (non-hydrogen) atoms. The van der Waals surface area contributed by atoms with Crippen molar-refractivity contribution < 1.29 is 23.4 Å². The van der Waals surface area contributed by atoms with E-state index in [9.17, 15) is 0 Å². The molecule has 1 fully saturated rings. The van der Waals surface area contributed by atoms with Crippen molar-refractivity contribution in [3.8, 4) is 5.75 Å². The van der Waals surface area contributed by atoms with Crippen molar-refractivity contribution in [3.05, 3.63) is 115 Å². The van der Waals surface area contributed by atoms with Crippen molar-refractivity contribution in [3.63, 3.8) is 0 Å². The van der Waals surface area contributed by atoms with Crippen LogP contribution in [0, 0.1) is 0 Å². The molecule has 0 N–H and O–H groups in total. The van der Waals surface area contributed by atoms with Crippen LogP contribution in [-0.2, 0) is 18.6 Å². The monoisotopic (exact) mass is 570 g/mol. The highest BCUT2D eigenvalue weighted by Gasteiger charge is 2.52. The Bertz CT molecular complexity index is 1250. The lowest BCUT2D eigenvalue weighted by Gasteiger charge is -2.46. The SMILES string of the molecule is C=C[C@H]1O[C@H]2CO[C@@H](c3ccc(OC)cc3)O[C@H]2C/C=C\C[C@H]1O[Si](c1ccccc1)(c1ccccc1)C(C)(C)C. The summed E-state index contributed by atoms with van der Waals surface area (Å²) in [5, 5.41) is 2.35. The summed E-state index contributed by atoms with van der Waals surface area (Å²) in [6, 6.07) is 29.3. The second kappa shape index (κ2) is 12.9. The van der Waals surface area contributed by atoms with Gasteiger partial charge in [0.15, 0.2) is 6.29 Å². The first-order chi connectivity index (χ1) is 19.9. The van der Waals surface area contributed by atoms with Crippen LogP contribution in [0.1, 0.15) is 45.5 Å². The molecule has 0 aliphatic carbocycles. The van der Waals surface area contributed by atoms with Crippen molar-refractivity contribution in [2.75, 3.05) is 13.7 Å². The second-order valence-electron chi connectivity index (χ2n) is 11.8. The van der Waals surface area contributed by atoms with E-state index in [1.165, 1.54) is 10.4 Å². The number of rotatable bonds is 7. The first-order valence-corrected chi connectivity index (χ1v) is 16.4.